The molecular formula is C16H17F2NO4. The van der Waals surface area contributed by atoms with Gasteiger partial charge in [0.15, 0.2) is 17.4 Å². The minimum absolute atomic E-state index is 0.00917. The number of halogens is 2. The van der Waals surface area contributed by atoms with E-state index in [2.05, 4.69) is 0 Å². The Kier molecular flexibility index (Phi) is 5.08. The number of likely N-dealkylation sites (tertiary alicyclic amines) is 1. The maximum absolute atomic E-state index is 13.1. The molecule has 124 valence electrons. The molecule has 1 saturated heterocycles. The monoisotopic (exact) mass is 325 g/mol. The molecule has 0 aliphatic carbocycles. The van der Waals surface area contributed by atoms with Crippen molar-refractivity contribution in [2.45, 2.75) is 19.8 Å². The molecule has 0 bridgehead atoms. The number of hydrogen-bond donors (Lipinski definition) is 1. The maximum Gasteiger partial charge on any atom is 0.308 e. The highest BCUT2D eigenvalue weighted by Crippen LogP contribution is 2.24. The second kappa shape index (κ2) is 6.85. The van der Waals surface area contributed by atoms with Crippen molar-refractivity contribution in [2.24, 2.45) is 11.8 Å². The molecule has 1 amide bonds. The van der Waals surface area contributed by atoms with Gasteiger partial charge in [0.2, 0.25) is 5.91 Å². The van der Waals surface area contributed by atoms with Crippen LogP contribution in [0.3, 0.4) is 0 Å². The van der Waals surface area contributed by atoms with Gasteiger partial charge in [0, 0.05) is 31.5 Å². The van der Waals surface area contributed by atoms with Crippen LogP contribution in [0.15, 0.2) is 18.2 Å². The van der Waals surface area contributed by atoms with Gasteiger partial charge >= 0.3 is 5.97 Å². The summed E-state index contributed by atoms with van der Waals surface area (Å²) in [5.74, 6) is -4.59. The zero-order valence-corrected chi connectivity index (χ0v) is 12.6. The SMILES string of the molecule is C[C@@H]1CN(C(=O)CCC(=O)c2ccc(F)c(F)c2)C[C@H]1C(=O)O. The van der Waals surface area contributed by atoms with E-state index in [-0.39, 0.29) is 36.8 Å². The van der Waals surface area contributed by atoms with Crippen molar-refractivity contribution in [1.29, 1.82) is 0 Å². The van der Waals surface area contributed by atoms with Crippen LogP contribution in [0.25, 0.3) is 0 Å². The number of amides is 1. The first-order valence-corrected chi connectivity index (χ1v) is 7.28. The van der Waals surface area contributed by atoms with Gasteiger partial charge in [-0.15, -0.1) is 0 Å². The molecule has 1 aliphatic heterocycles. The summed E-state index contributed by atoms with van der Waals surface area (Å²) < 4.78 is 25.9. The number of carboxylic acid groups (broad SMARTS) is 1. The molecule has 1 aliphatic rings. The van der Waals surface area contributed by atoms with Crippen LogP contribution in [0.4, 0.5) is 8.78 Å². The highest BCUT2D eigenvalue weighted by Gasteiger charge is 2.36. The normalized spacial score (nSPS) is 20.6. The lowest BCUT2D eigenvalue weighted by Gasteiger charge is -2.15. The molecule has 2 atom stereocenters. The first-order valence-electron chi connectivity index (χ1n) is 7.28. The van der Waals surface area contributed by atoms with Gasteiger partial charge < -0.3 is 10.0 Å². The molecule has 0 unspecified atom stereocenters. The Bertz CT molecular complexity index is 647. The van der Waals surface area contributed by atoms with Crippen molar-refractivity contribution in [3.8, 4) is 0 Å². The Balaban J connectivity index is 1.90. The van der Waals surface area contributed by atoms with Gasteiger partial charge in [-0.2, -0.15) is 0 Å². The van der Waals surface area contributed by atoms with Crippen LogP contribution in [-0.4, -0.2) is 40.8 Å². The van der Waals surface area contributed by atoms with Crippen LogP contribution in [0, 0.1) is 23.5 Å². The smallest absolute Gasteiger partial charge is 0.308 e. The zero-order valence-electron chi connectivity index (χ0n) is 12.6. The molecule has 0 radical (unpaired) electrons. The molecule has 0 saturated carbocycles. The molecule has 2 rings (SSSR count). The number of carbonyl (C=O) groups is 3. The van der Waals surface area contributed by atoms with Crippen molar-refractivity contribution < 1.29 is 28.3 Å². The number of hydrogen-bond acceptors (Lipinski definition) is 3. The molecule has 7 heteroatoms. The van der Waals surface area contributed by atoms with Crippen LogP contribution in [-0.2, 0) is 9.59 Å². The van der Waals surface area contributed by atoms with Crippen molar-refractivity contribution in [3.63, 3.8) is 0 Å². The predicted molar refractivity (Wildman–Crippen MR) is 76.8 cm³/mol. The van der Waals surface area contributed by atoms with Crippen molar-refractivity contribution >= 4 is 17.7 Å². The minimum Gasteiger partial charge on any atom is -0.481 e. The van der Waals surface area contributed by atoms with E-state index in [0.717, 1.165) is 12.1 Å². The van der Waals surface area contributed by atoms with E-state index in [9.17, 15) is 23.2 Å². The van der Waals surface area contributed by atoms with E-state index in [4.69, 9.17) is 5.11 Å². The van der Waals surface area contributed by atoms with Gasteiger partial charge in [0.05, 0.1) is 5.92 Å². The molecule has 0 spiro atoms. The Morgan fingerprint density at radius 1 is 1.17 bits per heavy atom. The number of benzene rings is 1. The molecular weight excluding hydrogens is 308 g/mol. The second-order valence-corrected chi connectivity index (χ2v) is 5.77. The van der Waals surface area contributed by atoms with Gasteiger partial charge in [-0.05, 0) is 24.1 Å². The zero-order chi connectivity index (χ0) is 17.1. The average Bonchev–Trinajstić information content (AvgIpc) is 2.89. The first-order chi connectivity index (χ1) is 10.8. The van der Waals surface area contributed by atoms with Crippen molar-refractivity contribution in [1.82, 2.24) is 4.90 Å². The van der Waals surface area contributed by atoms with E-state index >= 15 is 0 Å². The summed E-state index contributed by atoms with van der Waals surface area (Å²) in [4.78, 5) is 36.4. The highest BCUT2D eigenvalue weighted by atomic mass is 19.2. The molecule has 1 N–H and O–H groups in total. The van der Waals surface area contributed by atoms with Crippen LogP contribution in [0.5, 0.6) is 0 Å². The largest absolute Gasteiger partial charge is 0.481 e. The van der Waals surface area contributed by atoms with Gasteiger partial charge in [-0.3, -0.25) is 14.4 Å². The van der Waals surface area contributed by atoms with Crippen LogP contribution in [0.2, 0.25) is 0 Å². The lowest BCUT2D eigenvalue weighted by Crippen LogP contribution is -2.30. The Labute approximate surface area is 131 Å². The van der Waals surface area contributed by atoms with Gasteiger partial charge in [0.1, 0.15) is 0 Å². The van der Waals surface area contributed by atoms with E-state index < -0.39 is 29.3 Å². The highest BCUT2D eigenvalue weighted by molar-refractivity contribution is 5.98. The Hall–Kier alpha value is -2.31. The van der Waals surface area contributed by atoms with Gasteiger partial charge in [-0.25, -0.2) is 8.78 Å². The summed E-state index contributed by atoms with van der Waals surface area (Å²) in [7, 11) is 0. The van der Waals surface area contributed by atoms with Crippen LogP contribution in [0.1, 0.15) is 30.1 Å². The summed E-state index contributed by atoms with van der Waals surface area (Å²) in [6.07, 6.45) is -0.219. The summed E-state index contributed by atoms with van der Waals surface area (Å²) in [5, 5.41) is 9.04. The molecule has 23 heavy (non-hydrogen) atoms. The van der Waals surface area contributed by atoms with E-state index in [0.29, 0.717) is 6.54 Å². The number of ketones is 1. The van der Waals surface area contributed by atoms with E-state index in [1.54, 1.807) is 6.92 Å². The summed E-state index contributed by atoms with van der Waals surface area (Å²) in [6.45, 7) is 2.24. The molecule has 1 heterocycles. The number of carbonyl (C=O) groups excluding carboxylic acids is 2. The van der Waals surface area contributed by atoms with E-state index in [1.165, 1.54) is 11.0 Å². The van der Waals surface area contributed by atoms with Crippen LogP contribution >= 0.6 is 0 Å². The second-order valence-electron chi connectivity index (χ2n) is 5.77. The summed E-state index contributed by atoms with van der Waals surface area (Å²) >= 11 is 0. The molecule has 1 aromatic rings. The predicted octanol–water partition coefficient (Wildman–Crippen LogP) is 2.11. The van der Waals surface area contributed by atoms with Crippen LogP contribution < -0.4 is 0 Å². The molecule has 5 nitrogen and oxygen atoms in total. The first kappa shape index (κ1) is 17.1. The third-order valence-corrected chi connectivity index (χ3v) is 4.09. The average molecular weight is 325 g/mol. The Morgan fingerprint density at radius 2 is 1.87 bits per heavy atom. The summed E-state index contributed by atoms with van der Waals surface area (Å²) in [6, 6.07) is 2.84. The van der Waals surface area contributed by atoms with E-state index in [1.807, 2.05) is 0 Å². The fourth-order valence-electron chi connectivity index (χ4n) is 2.68. The number of nitrogens with zero attached hydrogens (tertiary/aromatic N) is 1. The number of carboxylic acids is 1. The summed E-state index contributed by atoms with van der Waals surface area (Å²) in [5.41, 5.74) is 0.00917. The van der Waals surface area contributed by atoms with Crippen molar-refractivity contribution in [2.75, 3.05) is 13.1 Å². The van der Waals surface area contributed by atoms with Gasteiger partial charge in [0.25, 0.3) is 0 Å². The fourth-order valence-corrected chi connectivity index (χ4v) is 2.68. The Morgan fingerprint density at radius 3 is 2.43 bits per heavy atom. The number of rotatable bonds is 5. The topological polar surface area (TPSA) is 74.7 Å². The maximum atomic E-state index is 13.1. The molecule has 1 fully saturated rings. The lowest BCUT2D eigenvalue weighted by atomic mass is 9.99. The minimum atomic E-state index is -1.11. The van der Waals surface area contributed by atoms with Crippen molar-refractivity contribution in [3.05, 3.63) is 35.4 Å². The molecule has 1 aromatic carbocycles. The number of aliphatic carboxylic acids is 1. The lowest BCUT2D eigenvalue weighted by molar-refractivity contribution is -0.142. The van der Waals surface area contributed by atoms with Gasteiger partial charge in [-0.1, -0.05) is 6.92 Å². The molecule has 0 aromatic heterocycles. The fraction of sp³-hybridized carbons (Fsp3) is 0.438. The third kappa shape index (κ3) is 3.91. The third-order valence-electron chi connectivity index (χ3n) is 4.09. The number of Topliss-reactive ketones (excluding diaryl/α,β-unsaturated/α-hetero) is 1. The standard InChI is InChI=1S/C16H17F2NO4/c1-9-7-19(8-11(9)16(22)23)15(21)5-4-14(20)10-2-3-12(17)13(18)6-10/h2-3,6,9,11H,4-5,7-8H2,1H3,(H,22,23)/t9-,11-/m1/s1. The quantitative estimate of drug-likeness (QED) is 0.841.